The number of nitro benzene ring substituents is 1. The highest BCUT2D eigenvalue weighted by Gasteiger charge is 2.05. The topological polar surface area (TPSA) is 79.2 Å². The van der Waals surface area contributed by atoms with Crippen LogP contribution < -0.4 is 16.2 Å². The molecule has 0 aliphatic heterocycles. The summed E-state index contributed by atoms with van der Waals surface area (Å²) in [6, 6.07) is 12.1. The van der Waals surface area contributed by atoms with Crippen molar-refractivity contribution in [1.82, 2.24) is 10.7 Å². The predicted octanol–water partition coefficient (Wildman–Crippen LogP) is 2.73. The second-order valence-electron chi connectivity index (χ2n) is 4.37. The van der Waals surface area contributed by atoms with Gasteiger partial charge in [-0.1, -0.05) is 18.2 Å². The molecule has 0 fully saturated rings. The minimum atomic E-state index is -0.476. The Kier molecular flexibility index (Phi) is 5.21. The zero-order valence-corrected chi connectivity index (χ0v) is 12.2. The van der Waals surface area contributed by atoms with E-state index in [0.29, 0.717) is 17.3 Å². The van der Waals surface area contributed by atoms with E-state index in [0.717, 1.165) is 5.56 Å². The number of nitrogens with zero attached hydrogens (tertiary/aromatic N) is 1. The summed E-state index contributed by atoms with van der Waals surface area (Å²) in [5, 5.41) is 13.9. The molecule has 0 bridgehead atoms. The predicted molar refractivity (Wildman–Crippen MR) is 85.7 cm³/mol. The molecule has 0 aliphatic rings. The number of nitrogens with one attached hydrogen (secondary N) is 3. The Morgan fingerprint density at radius 3 is 2.64 bits per heavy atom. The lowest BCUT2D eigenvalue weighted by atomic mass is 10.2. The number of hydrazine groups is 1. The standard InChI is InChI=1S/C14H13FN4O2S/c15-11-6-4-10(5-7-11)9-16-14(22)18-17-12-2-1-3-13(8-12)19(20)21/h1-8,17H,9H2,(H2,16,18,22). The zero-order chi connectivity index (χ0) is 15.9. The number of non-ortho nitro benzene ring substituents is 1. The van der Waals surface area contributed by atoms with Crippen molar-refractivity contribution in [3.8, 4) is 0 Å². The first-order valence-electron chi connectivity index (χ1n) is 6.33. The molecule has 6 nitrogen and oxygen atoms in total. The summed E-state index contributed by atoms with van der Waals surface area (Å²) in [5.41, 5.74) is 6.86. The van der Waals surface area contributed by atoms with Gasteiger partial charge in [-0.15, -0.1) is 0 Å². The normalized spacial score (nSPS) is 9.86. The molecular weight excluding hydrogens is 307 g/mol. The Labute approximate surface area is 131 Å². The quantitative estimate of drug-likeness (QED) is 0.447. The van der Waals surface area contributed by atoms with Crippen molar-refractivity contribution in [1.29, 1.82) is 0 Å². The number of thiocarbonyl (C=S) groups is 1. The summed E-state index contributed by atoms with van der Waals surface area (Å²) in [5.74, 6) is -0.295. The van der Waals surface area contributed by atoms with Crippen molar-refractivity contribution in [2.24, 2.45) is 0 Å². The number of halogens is 1. The highest BCUT2D eigenvalue weighted by molar-refractivity contribution is 7.80. The molecule has 3 N–H and O–H groups in total. The second-order valence-corrected chi connectivity index (χ2v) is 4.77. The average molecular weight is 320 g/mol. The Hall–Kier alpha value is -2.74. The van der Waals surface area contributed by atoms with Gasteiger partial charge in [0.25, 0.3) is 5.69 Å². The number of rotatable bonds is 5. The van der Waals surface area contributed by atoms with Crippen molar-refractivity contribution in [3.63, 3.8) is 0 Å². The van der Waals surface area contributed by atoms with Gasteiger partial charge in [-0.3, -0.25) is 21.0 Å². The van der Waals surface area contributed by atoms with Crippen molar-refractivity contribution >= 4 is 28.7 Å². The molecule has 0 amide bonds. The Morgan fingerprint density at radius 2 is 1.95 bits per heavy atom. The van der Waals surface area contributed by atoms with Gasteiger partial charge in [0.05, 0.1) is 10.6 Å². The molecule has 8 heteroatoms. The third-order valence-electron chi connectivity index (χ3n) is 2.74. The van der Waals surface area contributed by atoms with Gasteiger partial charge in [0.2, 0.25) is 0 Å². The average Bonchev–Trinajstić information content (AvgIpc) is 2.52. The first-order chi connectivity index (χ1) is 10.5. The summed E-state index contributed by atoms with van der Waals surface area (Å²) < 4.78 is 12.8. The maximum absolute atomic E-state index is 12.8. The second kappa shape index (κ2) is 7.32. The molecule has 0 unspecified atom stereocenters. The fourth-order valence-electron chi connectivity index (χ4n) is 1.65. The molecule has 0 saturated heterocycles. The van der Waals surface area contributed by atoms with E-state index in [1.165, 1.54) is 24.3 Å². The number of benzene rings is 2. The molecule has 2 aromatic rings. The lowest BCUT2D eigenvalue weighted by molar-refractivity contribution is -0.384. The summed E-state index contributed by atoms with van der Waals surface area (Å²) in [6.07, 6.45) is 0. The monoisotopic (exact) mass is 320 g/mol. The van der Waals surface area contributed by atoms with Crippen LogP contribution in [0.2, 0.25) is 0 Å². The van der Waals surface area contributed by atoms with Crippen LogP contribution in [-0.4, -0.2) is 10.0 Å². The molecule has 22 heavy (non-hydrogen) atoms. The van der Waals surface area contributed by atoms with Crippen LogP contribution in [0.4, 0.5) is 15.8 Å². The highest BCUT2D eigenvalue weighted by atomic mass is 32.1. The fraction of sp³-hybridized carbons (Fsp3) is 0.0714. The first-order valence-corrected chi connectivity index (χ1v) is 6.74. The molecule has 114 valence electrons. The molecule has 2 aromatic carbocycles. The van der Waals surface area contributed by atoms with Crippen LogP contribution >= 0.6 is 12.2 Å². The Balaban J connectivity index is 1.81. The molecule has 0 aliphatic carbocycles. The molecular formula is C14H13FN4O2S. The van der Waals surface area contributed by atoms with E-state index in [9.17, 15) is 14.5 Å². The number of nitro groups is 1. The number of hydrogen-bond donors (Lipinski definition) is 3. The van der Waals surface area contributed by atoms with Gasteiger partial charge in [-0.25, -0.2) is 4.39 Å². The van der Waals surface area contributed by atoms with Crippen molar-refractivity contribution in [3.05, 3.63) is 70.0 Å². The van der Waals surface area contributed by atoms with Gasteiger partial charge < -0.3 is 5.32 Å². The van der Waals surface area contributed by atoms with Crippen molar-refractivity contribution in [2.45, 2.75) is 6.54 Å². The summed E-state index contributed by atoms with van der Waals surface area (Å²) in [7, 11) is 0. The lowest BCUT2D eigenvalue weighted by Crippen LogP contribution is -2.38. The van der Waals surface area contributed by atoms with Crippen LogP contribution in [0.1, 0.15) is 5.56 Å². The third kappa shape index (κ3) is 4.67. The van der Waals surface area contributed by atoms with E-state index < -0.39 is 4.92 Å². The highest BCUT2D eigenvalue weighted by Crippen LogP contribution is 2.16. The van der Waals surface area contributed by atoms with Crippen molar-refractivity contribution in [2.75, 3.05) is 5.43 Å². The molecule has 0 saturated carbocycles. The summed E-state index contributed by atoms with van der Waals surface area (Å²) in [4.78, 5) is 10.2. The van der Waals surface area contributed by atoms with E-state index in [-0.39, 0.29) is 11.5 Å². The smallest absolute Gasteiger partial charge is 0.271 e. The van der Waals surface area contributed by atoms with Crippen LogP contribution in [0, 0.1) is 15.9 Å². The third-order valence-corrected chi connectivity index (χ3v) is 2.99. The molecule has 0 spiro atoms. The minimum Gasteiger partial charge on any atom is -0.357 e. The number of hydrogen-bond acceptors (Lipinski definition) is 4. The molecule has 2 rings (SSSR count). The van der Waals surface area contributed by atoms with E-state index in [2.05, 4.69) is 16.2 Å². The van der Waals surface area contributed by atoms with E-state index in [1.807, 2.05) is 0 Å². The van der Waals surface area contributed by atoms with Gasteiger partial charge >= 0.3 is 0 Å². The zero-order valence-electron chi connectivity index (χ0n) is 11.4. The van der Waals surface area contributed by atoms with Gasteiger partial charge in [-0.2, -0.15) is 0 Å². The SMILES string of the molecule is O=[N+]([O-])c1cccc(NNC(=S)NCc2ccc(F)cc2)c1. The first kappa shape index (κ1) is 15.6. The van der Waals surface area contributed by atoms with Gasteiger partial charge in [0.15, 0.2) is 5.11 Å². The summed E-state index contributed by atoms with van der Waals surface area (Å²) >= 11 is 5.07. The van der Waals surface area contributed by atoms with E-state index in [4.69, 9.17) is 12.2 Å². The van der Waals surface area contributed by atoms with E-state index >= 15 is 0 Å². The molecule has 0 radical (unpaired) electrons. The van der Waals surface area contributed by atoms with Crippen LogP contribution in [0.25, 0.3) is 0 Å². The van der Waals surface area contributed by atoms with Crippen LogP contribution in [-0.2, 0) is 6.54 Å². The van der Waals surface area contributed by atoms with Crippen LogP contribution in [0.5, 0.6) is 0 Å². The Bertz CT molecular complexity index is 679. The van der Waals surface area contributed by atoms with Crippen molar-refractivity contribution < 1.29 is 9.31 Å². The van der Waals surface area contributed by atoms with Crippen LogP contribution in [0.15, 0.2) is 48.5 Å². The maximum Gasteiger partial charge on any atom is 0.271 e. The largest absolute Gasteiger partial charge is 0.357 e. The molecule has 0 heterocycles. The summed E-state index contributed by atoms with van der Waals surface area (Å²) in [6.45, 7) is 0.433. The van der Waals surface area contributed by atoms with Crippen LogP contribution in [0.3, 0.4) is 0 Å². The molecule has 0 aromatic heterocycles. The van der Waals surface area contributed by atoms with E-state index in [1.54, 1.807) is 24.3 Å². The Morgan fingerprint density at radius 1 is 1.23 bits per heavy atom. The maximum atomic E-state index is 12.8. The number of anilines is 1. The van der Waals surface area contributed by atoms with Gasteiger partial charge in [0, 0.05) is 18.7 Å². The van der Waals surface area contributed by atoms with Gasteiger partial charge in [0.1, 0.15) is 5.82 Å². The molecule has 0 atom stereocenters. The van der Waals surface area contributed by atoms with Gasteiger partial charge in [-0.05, 0) is 36.0 Å². The fourth-order valence-corrected chi connectivity index (χ4v) is 1.78. The lowest BCUT2D eigenvalue weighted by Gasteiger charge is -2.12. The minimum absolute atomic E-state index is 0.0167.